The number of hydrogen-bond donors (Lipinski definition) is 0. The molecule has 1 amide bonds. The van der Waals surface area contributed by atoms with Crippen molar-refractivity contribution in [3.05, 3.63) is 29.8 Å². The van der Waals surface area contributed by atoms with Crippen molar-refractivity contribution in [3.63, 3.8) is 0 Å². The highest BCUT2D eigenvalue weighted by molar-refractivity contribution is 8.14. The van der Waals surface area contributed by atoms with Crippen molar-refractivity contribution < 1.29 is 13.2 Å². The van der Waals surface area contributed by atoms with E-state index >= 15 is 0 Å². The van der Waals surface area contributed by atoms with Gasteiger partial charge in [-0.15, -0.1) is 0 Å². The number of rotatable bonds is 3. The molecule has 1 unspecified atom stereocenters. The molecule has 0 bridgehead atoms. The van der Waals surface area contributed by atoms with Crippen molar-refractivity contribution in [2.45, 2.75) is 25.0 Å². The number of aryl methyl sites for hydroxylation is 1. The van der Waals surface area contributed by atoms with Crippen LogP contribution >= 0.6 is 10.7 Å². The molecular weight excluding hydrogens is 274 g/mol. The van der Waals surface area contributed by atoms with Gasteiger partial charge >= 0.3 is 0 Å². The maximum atomic E-state index is 11.9. The van der Waals surface area contributed by atoms with E-state index in [4.69, 9.17) is 10.7 Å². The lowest BCUT2D eigenvalue weighted by Crippen LogP contribution is -2.27. The van der Waals surface area contributed by atoms with E-state index in [-0.39, 0.29) is 18.9 Å². The summed E-state index contributed by atoms with van der Waals surface area (Å²) < 4.78 is 22.6. The summed E-state index contributed by atoms with van der Waals surface area (Å²) in [7, 11) is 1.64. The second-order valence-corrected chi connectivity index (χ2v) is 7.20. The topological polar surface area (TPSA) is 54.5 Å². The minimum atomic E-state index is -3.69. The summed E-state index contributed by atoms with van der Waals surface area (Å²) in [5.41, 5.74) is 1.81. The Morgan fingerprint density at radius 1 is 1.39 bits per heavy atom. The first-order chi connectivity index (χ1) is 8.43. The highest BCUT2D eigenvalue weighted by atomic mass is 35.7. The molecule has 0 radical (unpaired) electrons. The Morgan fingerprint density at radius 2 is 2.06 bits per heavy atom. The third kappa shape index (κ3) is 2.52. The average molecular weight is 288 g/mol. The molecule has 6 heteroatoms. The van der Waals surface area contributed by atoms with Gasteiger partial charge in [0, 0.05) is 29.3 Å². The zero-order valence-electron chi connectivity index (χ0n) is 9.97. The predicted octanol–water partition coefficient (Wildman–Crippen LogP) is 1.92. The van der Waals surface area contributed by atoms with Crippen LogP contribution in [0.5, 0.6) is 0 Å². The molecule has 0 aromatic heterocycles. The van der Waals surface area contributed by atoms with Crippen LogP contribution in [0.2, 0.25) is 0 Å². The average Bonchev–Trinajstić information content (AvgIpc) is 2.71. The number of halogens is 1. The Labute approximate surface area is 111 Å². The van der Waals surface area contributed by atoms with Crippen LogP contribution < -0.4 is 4.90 Å². The van der Waals surface area contributed by atoms with Gasteiger partial charge in [-0.25, -0.2) is 8.42 Å². The van der Waals surface area contributed by atoms with E-state index in [0.29, 0.717) is 0 Å². The van der Waals surface area contributed by atoms with Crippen molar-refractivity contribution in [1.82, 2.24) is 0 Å². The monoisotopic (exact) mass is 287 g/mol. The summed E-state index contributed by atoms with van der Waals surface area (Å²) in [5, 5.41) is -0.809. The van der Waals surface area contributed by atoms with E-state index in [1.807, 2.05) is 31.2 Å². The van der Waals surface area contributed by atoms with Crippen LogP contribution in [0.1, 0.15) is 18.9 Å². The second kappa shape index (κ2) is 4.90. The van der Waals surface area contributed by atoms with E-state index in [1.165, 1.54) is 4.90 Å². The third-order valence-electron chi connectivity index (χ3n) is 3.15. The largest absolute Gasteiger partial charge is 0.311 e. The van der Waals surface area contributed by atoms with Gasteiger partial charge in [-0.1, -0.05) is 25.1 Å². The van der Waals surface area contributed by atoms with Crippen LogP contribution in [0.3, 0.4) is 0 Å². The quantitative estimate of drug-likeness (QED) is 0.798. The number of anilines is 1. The lowest BCUT2D eigenvalue weighted by atomic mass is 10.1. The highest BCUT2D eigenvalue weighted by Gasteiger charge is 2.38. The Hall–Kier alpha value is -1.07. The van der Waals surface area contributed by atoms with E-state index < -0.39 is 14.3 Å². The first-order valence-corrected chi connectivity index (χ1v) is 8.12. The van der Waals surface area contributed by atoms with Gasteiger partial charge in [0.2, 0.25) is 15.0 Å². The minimum absolute atomic E-state index is 0.0378. The van der Waals surface area contributed by atoms with E-state index in [9.17, 15) is 13.2 Å². The molecule has 4 nitrogen and oxygen atoms in total. The Morgan fingerprint density at radius 3 is 2.61 bits per heavy atom. The third-order valence-corrected chi connectivity index (χ3v) is 5.02. The lowest BCUT2D eigenvalue weighted by molar-refractivity contribution is -0.117. The number of para-hydroxylation sites is 1. The fourth-order valence-corrected chi connectivity index (χ4v) is 3.20. The lowest BCUT2D eigenvalue weighted by Gasteiger charge is -2.19. The smallest absolute Gasteiger partial charge is 0.237 e. The van der Waals surface area contributed by atoms with Crippen LogP contribution in [0.25, 0.3) is 0 Å². The number of carbonyl (C=O) groups is 1. The molecule has 1 aliphatic heterocycles. The van der Waals surface area contributed by atoms with Gasteiger partial charge in [0.05, 0.1) is 0 Å². The number of nitrogens with zero attached hydrogens (tertiary/aromatic N) is 1. The zero-order valence-corrected chi connectivity index (χ0v) is 11.5. The van der Waals surface area contributed by atoms with E-state index in [1.54, 1.807) is 0 Å². The molecule has 0 saturated carbocycles. The predicted molar refractivity (Wildman–Crippen MR) is 71.4 cm³/mol. The van der Waals surface area contributed by atoms with Gasteiger partial charge < -0.3 is 4.90 Å². The molecule has 1 saturated heterocycles. The van der Waals surface area contributed by atoms with Gasteiger partial charge in [0.1, 0.15) is 5.25 Å². The fourth-order valence-electron chi connectivity index (χ4n) is 2.17. The van der Waals surface area contributed by atoms with Gasteiger partial charge in [-0.05, 0) is 18.1 Å². The summed E-state index contributed by atoms with van der Waals surface area (Å²) >= 11 is 0. The number of carbonyl (C=O) groups excluding carboxylic acids is 1. The molecule has 1 heterocycles. The summed E-state index contributed by atoms with van der Waals surface area (Å²) in [6.45, 7) is 2.14. The van der Waals surface area contributed by atoms with Crippen LogP contribution in [-0.2, 0) is 20.3 Å². The number of amides is 1. The Kier molecular flexibility index (Phi) is 3.64. The highest BCUT2D eigenvalue weighted by Crippen LogP contribution is 2.29. The second-order valence-electron chi connectivity index (χ2n) is 4.29. The standard InChI is InChI=1S/C12H14ClNO3S/c1-2-9-5-3-4-6-11(9)14-8-10(7-12(14)15)18(13,16)17/h3-6,10H,2,7-8H2,1H3. The van der Waals surface area contributed by atoms with Gasteiger partial charge in [-0.2, -0.15) is 0 Å². The van der Waals surface area contributed by atoms with Crippen LogP contribution in [-0.4, -0.2) is 26.1 Å². The maximum absolute atomic E-state index is 11.9. The maximum Gasteiger partial charge on any atom is 0.237 e. The molecule has 0 spiro atoms. The van der Waals surface area contributed by atoms with E-state index in [2.05, 4.69) is 0 Å². The van der Waals surface area contributed by atoms with Crippen LogP contribution in [0, 0.1) is 0 Å². The van der Waals surface area contributed by atoms with Crippen molar-refractivity contribution >= 4 is 31.3 Å². The summed E-state index contributed by atoms with van der Waals surface area (Å²) in [4.78, 5) is 13.4. The minimum Gasteiger partial charge on any atom is -0.311 e. The van der Waals surface area contributed by atoms with E-state index in [0.717, 1.165) is 17.7 Å². The molecular formula is C12H14ClNO3S. The molecule has 1 atom stereocenters. The van der Waals surface area contributed by atoms with Crippen molar-refractivity contribution in [1.29, 1.82) is 0 Å². The first-order valence-electron chi connectivity index (χ1n) is 5.75. The molecule has 1 fully saturated rings. The molecule has 1 aliphatic rings. The summed E-state index contributed by atoms with van der Waals surface area (Å²) in [6, 6.07) is 7.51. The van der Waals surface area contributed by atoms with Crippen molar-refractivity contribution in [2.75, 3.05) is 11.4 Å². The molecule has 2 rings (SSSR count). The van der Waals surface area contributed by atoms with Crippen LogP contribution in [0.4, 0.5) is 5.69 Å². The zero-order chi connectivity index (χ0) is 13.3. The Balaban J connectivity index is 2.33. The molecule has 1 aromatic rings. The van der Waals surface area contributed by atoms with Gasteiger partial charge in [0.15, 0.2) is 0 Å². The molecule has 1 aromatic carbocycles. The fraction of sp³-hybridized carbons (Fsp3) is 0.417. The number of hydrogen-bond acceptors (Lipinski definition) is 3. The van der Waals surface area contributed by atoms with Gasteiger partial charge in [0.25, 0.3) is 0 Å². The number of benzene rings is 1. The molecule has 18 heavy (non-hydrogen) atoms. The molecule has 0 aliphatic carbocycles. The normalized spacial score (nSPS) is 20.4. The summed E-state index contributed by atoms with van der Waals surface area (Å²) in [5.74, 6) is -0.190. The molecule has 98 valence electrons. The summed E-state index contributed by atoms with van der Waals surface area (Å²) in [6.07, 6.45) is 0.752. The van der Waals surface area contributed by atoms with Crippen molar-refractivity contribution in [2.24, 2.45) is 0 Å². The SMILES string of the molecule is CCc1ccccc1N1CC(S(=O)(=O)Cl)CC1=O. The Bertz CT molecular complexity index is 570. The van der Waals surface area contributed by atoms with Crippen molar-refractivity contribution in [3.8, 4) is 0 Å². The molecule has 0 N–H and O–H groups in total. The van der Waals surface area contributed by atoms with Crippen LogP contribution in [0.15, 0.2) is 24.3 Å². The first kappa shape index (κ1) is 13.4. The van der Waals surface area contributed by atoms with Gasteiger partial charge in [-0.3, -0.25) is 4.79 Å².